The van der Waals surface area contributed by atoms with E-state index < -0.39 is 0 Å². The molecule has 0 bridgehead atoms. The van der Waals surface area contributed by atoms with E-state index in [1.54, 1.807) is 0 Å². The molecule has 2 aliphatic rings. The van der Waals surface area contributed by atoms with Gasteiger partial charge in [-0.1, -0.05) is 25.5 Å². The second kappa shape index (κ2) is 5.96. The maximum absolute atomic E-state index is 11.4. The lowest BCUT2D eigenvalue weighted by Crippen LogP contribution is -2.33. The van der Waals surface area contributed by atoms with Crippen molar-refractivity contribution < 1.29 is 4.79 Å². The number of aryl methyl sites for hydroxylation is 1. The standard InChI is InChI=1S/C17H24N2O/c1-2-10-18-17(12-4-3-5-12)14-6-8-15-13(11-14)7-9-16(20)19-15/h6,8,11-12,17-18H,2-5,7,9-10H2,1H3,(H,19,20). The van der Waals surface area contributed by atoms with E-state index in [2.05, 4.69) is 35.8 Å². The summed E-state index contributed by atoms with van der Waals surface area (Å²) >= 11 is 0. The van der Waals surface area contributed by atoms with Gasteiger partial charge in [0, 0.05) is 18.2 Å². The topological polar surface area (TPSA) is 41.1 Å². The Hall–Kier alpha value is -1.35. The largest absolute Gasteiger partial charge is 0.326 e. The number of amides is 1. The minimum absolute atomic E-state index is 0.143. The molecule has 1 atom stereocenters. The van der Waals surface area contributed by atoms with Crippen LogP contribution in [0.25, 0.3) is 0 Å². The van der Waals surface area contributed by atoms with Crippen molar-refractivity contribution in [2.24, 2.45) is 5.92 Å². The summed E-state index contributed by atoms with van der Waals surface area (Å²) in [5, 5.41) is 6.68. The molecule has 20 heavy (non-hydrogen) atoms. The molecule has 1 aliphatic carbocycles. The van der Waals surface area contributed by atoms with Gasteiger partial charge in [-0.05, 0) is 55.3 Å². The van der Waals surface area contributed by atoms with Crippen LogP contribution in [-0.2, 0) is 11.2 Å². The summed E-state index contributed by atoms with van der Waals surface area (Å²) in [6, 6.07) is 7.07. The Morgan fingerprint density at radius 2 is 2.20 bits per heavy atom. The van der Waals surface area contributed by atoms with E-state index in [0.717, 1.165) is 24.6 Å². The average molecular weight is 272 g/mol. The Morgan fingerprint density at radius 3 is 2.90 bits per heavy atom. The number of benzene rings is 1. The summed E-state index contributed by atoms with van der Waals surface area (Å²) in [4.78, 5) is 11.4. The molecule has 0 aromatic heterocycles. The molecule has 1 unspecified atom stereocenters. The smallest absolute Gasteiger partial charge is 0.224 e. The summed E-state index contributed by atoms with van der Waals surface area (Å²) in [5.74, 6) is 0.933. The summed E-state index contributed by atoms with van der Waals surface area (Å²) < 4.78 is 0. The number of carbonyl (C=O) groups excluding carboxylic acids is 1. The van der Waals surface area contributed by atoms with Gasteiger partial charge in [0.15, 0.2) is 0 Å². The number of hydrogen-bond acceptors (Lipinski definition) is 2. The molecule has 1 aromatic carbocycles. The highest BCUT2D eigenvalue weighted by molar-refractivity contribution is 5.93. The second-order valence-electron chi connectivity index (χ2n) is 6.09. The predicted molar refractivity (Wildman–Crippen MR) is 81.8 cm³/mol. The van der Waals surface area contributed by atoms with Crippen molar-refractivity contribution in [3.8, 4) is 0 Å². The van der Waals surface area contributed by atoms with E-state index in [1.165, 1.54) is 36.8 Å². The molecule has 3 heteroatoms. The molecule has 108 valence electrons. The average Bonchev–Trinajstić information content (AvgIpc) is 2.40. The molecule has 1 heterocycles. The highest BCUT2D eigenvalue weighted by Gasteiger charge is 2.28. The Balaban J connectivity index is 1.81. The van der Waals surface area contributed by atoms with Gasteiger partial charge >= 0.3 is 0 Å². The fourth-order valence-corrected chi connectivity index (χ4v) is 3.23. The summed E-state index contributed by atoms with van der Waals surface area (Å²) in [6.07, 6.45) is 6.72. The third-order valence-corrected chi connectivity index (χ3v) is 4.62. The highest BCUT2D eigenvalue weighted by atomic mass is 16.1. The second-order valence-corrected chi connectivity index (χ2v) is 6.09. The molecule has 3 nitrogen and oxygen atoms in total. The SMILES string of the molecule is CCCNC(c1ccc2c(c1)CCC(=O)N2)C1CCC1. The number of fused-ring (bicyclic) bond motifs is 1. The molecule has 1 fully saturated rings. The van der Waals surface area contributed by atoms with Gasteiger partial charge < -0.3 is 10.6 Å². The molecule has 3 rings (SSSR count). The van der Waals surface area contributed by atoms with Crippen LogP contribution in [0.15, 0.2) is 18.2 Å². The van der Waals surface area contributed by atoms with Gasteiger partial charge in [0.2, 0.25) is 5.91 Å². The lowest BCUT2D eigenvalue weighted by Gasteiger charge is -2.35. The van der Waals surface area contributed by atoms with Crippen molar-refractivity contribution in [2.75, 3.05) is 11.9 Å². The quantitative estimate of drug-likeness (QED) is 0.862. The van der Waals surface area contributed by atoms with Crippen LogP contribution in [0.1, 0.15) is 56.2 Å². The normalized spacial score (nSPS) is 19.9. The Kier molecular flexibility index (Phi) is 4.06. The fraction of sp³-hybridized carbons (Fsp3) is 0.588. The molecule has 1 amide bonds. The van der Waals surface area contributed by atoms with Gasteiger partial charge in [0.25, 0.3) is 0 Å². The van der Waals surface area contributed by atoms with Gasteiger partial charge in [0.1, 0.15) is 0 Å². The Labute approximate surface area is 121 Å². The maximum atomic E-state index is 11.4. The zero-order valence-electron chi connectivity index (χ0n) is 12.2. The first-order valence-electron chi connectivity index (χ1n) is 7.94. The van der Waals surface area contributed by atoms with E-state index in [4.69, 9.17) is 0 Å². The Bertz CT molecular complexity index is 494. The number of carbonyl (C=O) groups is 1. The maximum Gasteiger partial charge on any atom is 0.224 e. The lowest BCUT2D eigenvalue weighted by molar-refractivity contribution is -0.116. The van der Waals surface area contributed by atoms with Gasteiger partial charge in [-0.15, -0.1) is 0 Å². The van der Waals surface area contributed by atoms with Crippen molar-refractivity contribution in [2.45, 2.75) is 51.5 Å². The van der Waals surface area contributed by atoms with Crippen LogP contribution in [-0.4, -0.2) is 12.5 Å². The molecule has 0 saturated heterocycles. The van der Waals surface area contributed by atoms with E-state index in [9.17, 15) is 4.79 Å². The molecule has 1 saturated carbocycles. The molecular weight excluding hydrogens is 248 g/mol. The van der Waals surface area contributed by atoms with Gasteiger partial charge in [-0.3, -0.25) is 4.79 Å². The van der Waals surface area contributed by atoms with Gasteiger partial charge in [0.05, 0.1) is 0 Å². The first-order chi connectivity index (χ1) is 9.78. The fourth-order valence-electron chi connectivity index (χ4n) is 3.23. The number of nitrogens with one attached hydrogen (secondary N) is 2. The summed E-state index contributed by atoms with van der Waals surface area (Å²) in [7, 11) is 0. The highest BCUT2D eigenvalue weighted by Crippen LogP contribution is 2.39. The summed E-state index contributed by atoms with van der Waals surface area (Å²) in [6.45, 7) is 3.29. The van der Waals surface area contributed by atoms with Crippen molar-refractivity contribution in [1.82, 2.24) is 5.32 Å². The Morgan fingerprint density at radius 1 is 1.35 bits per heavy atom. The zero-order chi connectivity index (χ0) is 13.9. The van der Waals surface area contributed by atoms with Crippen molar-refractivity contribution in [3.63, 3.8) is 0 Å². The van der Waals surface area contributed by atoms with Crippen molar-refractivity contribution in [3.05, 3.63) is 29.3 Å². The van der Waals surface area contributed by atoms with Crippen LogP contribution in [0, 0.1) is 5.92 Å². The van der Waals surface area contributed by atoms with Gasteiger partial charge in [-0.25, -0.2) is 0 Å². The first kappa shape index (κ1) is 13.6. The van der Waals surface area contributed by atoms with Crippen LogP contribution in [0.4, 0.5) is 5.69 Å². The minimum atomic E-state index is 0.143. The number of anilines is 1. The monoisotopic (exact) mass is 272 g/mol. The van der Waals surface area contributed by atoms with E-state index in [0.29, 0.717) is 12.5 Å². The first-order valence-corrected chi connectivity index (χ1v) is 7.94. The van der Waals surface area contributed by atoms with Crippen LogP contribution in [0.5, 0.6) is 0 Å². The molecular formula is C17H24N2O. The molecule has 1 aliphatic heterocycles. The van der Waals surface area contributed by atoms with E-state index in [-0.39, 0.29) is 5.91 Å². The number of rotatable bonds is 5. The van der Waals surface area contributed by atoms with Gasteiger partial charge in [-0.2, -0.15) is 0 Å². The third-order valence-electron chi connectivity index (χ3n) is 4.62. The molecule has 2 N–H and O–H groups in total. The van der Waals surface area contributed by atoms with Crippen molar-refractivity contribution >= 4 is 11.6 Å². The number of hydrogen-bond donors (Lipinski definition) is 2. The van der Waals surface area contributed by atoms with E-state index in [1.807, 2.05) is 0 Å². The van der Waals surface area contributed by atoms with Crippen LogP contribution in [0.3, 0.4) is 0 Å². The predicted octanol–water partition coefficient (Wildman–Crippen LogP) is 3.41. The zero-order valence-corrected chi connectivity index (χ0v) is 12.2. The summed E-state index contributed by atoms with van der Waals surface area (Å²) in [5.41, 5.74) is 3.70. The van der Waals surface area contributed by atoms with Crippen molar-refractivity contribution in [1.29, 1.82) is 0 Å². The lowest BCUT2D eigenvalue weighted by atomic mass is 9.76. The molecule has 0 spiro atoms. The van der Waals surface area contributed by atoms with E-state index >= 15 is 0 Å². The molecule has 0 radical (unpaired) electrons. The van der Waals surface area contributed by atoms with Crippen LogP contribution >= 0.6 is 0 Å². The van der Waals surface area contributed by atoms with Crippen LogP contribution in [0.2, 0.25) is 0 Å². The minimum Gasteiger partial charge on any atom is -0.326 e. The molecule has 1 aromatic rings. The third kappa shape index (κ3) is 2.73. The van der Waals surface area contributed by atoms with Crippen LogP contribution < -0.4 is 10.6 Å².